The quantitative estimate of drug-likeness (QED) is 0.704. The molecule has 0 fully saturated rings. The Hall–Kier alpha value is -1.46. The standard InChI is InChI=1S/C10H5NO2S2/c12-10(13)7-3-5-1-2-6-8(9(5)15-7)11-4-14-6/h1-4H,(H,12,13). The molecule has 0 unspecified atom stereocenters. The number of carboxylic acids is 1. The zero-order valence-electron chi connectivity index (χ0n) is 7.43. The smallest absolute Gasteiger partial charge is 0.345 e. The number of nitrogens with zero attached hydrogens (tertiary/aromatic N) is 1. The van der Waals surface area contributed by atoms with E-state index in [1.807, 2.05) is 12.1 Å². The number of benzene rings is 1. The SMILES string of the molecule is O=C(O)c1cc2ccc3scnc3c2s1. The molecule has 3 aromatic rings. The van der Waals surface area contributed by atoms with E-state index >= 15 is 0 Å². The molecule has 1 aromatic carbocycles. The number of carboxylic acid groups (broad SMARTS) is 1. The van der Waals surface area contributed by atoms with Gasteiger partial charge in [0.25, 0.3) is 0 Å². The van der Waals surface area contributed by atoms with E-state index in [0.29, 0.717) is 4.88 Å². The monoisotopic (exact) mass is 235 g/mol. The third-order valence-electron chi connectivity index (χ3n) is 2.20. The Bertz CT molecular complexity index is 668. The third kappa shape index (κ3) is 1.24. The fourth-order valence-electron chi connectivity index (χ4n) is 1.53. The molecule has 0 saturated heterocycles. The number of carbonyl (C=O) groups is 1. The zero-order valence-corrected chi connectivity index (χ0v) is 9.06. The fourth-order valence-corrected chi connectivity index (χ4v) is 3.28. The summed E-state index contributed by atoms with van der Waals surface area (Å²) in [5.74, 6) is -0.875. The average Bonchev–Trinajstić information content (AvgIpc) is 2.82. The van der Waals surface area contributed by atoms with Crippen molar-refractivity contribution in [1.82, 2.24) is 4.98 Å². The maximum Gasteiger partial charge on any atom is 0.345 e. The Labute approximate surface area is 92.6 Å². The van der Waals surface area contributed by atoms with Crippen molar-refractivity contribution in [3.63, 3.8) is 0 Å². The van der Waals surface area contributed by atoms with Gasteiger partial charge in [0.15, 0.2) is 0 Å². The molecular weight excluding hydrogens is 230 g/mol. The molecule has 3 nitrogen and oxygen atoms in total. The third-order valence-corrected chi connectivity index (χ3v) is 4.14. The molecule has 2 heterocycles. The van der Waals surface area contributed by atoms with Gasteiger partial charge in [-0.05, 0) is 17.5 Å². The molecule has 5 heteroatoms. The summed E-state index contributed by atoms with van der Waals surface area (Å²) >= 11 is 2.85. The average molecular weight is 235 g/mol. The highest BCUT2D eigenvalue weighted by Crippen LogP contribution is 2.33. The Morgan fingerprint density at radius 2 is 2.27 bits per heavy atom. The molecule has 1 N–H and O–H groups in total. The van der Waals surface area contributed by atoms with E-state index in [4.69, 9.17) is 5.11 Å². The van der Waals surface area contributed by atoms with E-state index in [-0.39, 0.29) is 0 Å². The summed E-state index contributed by atoms with van der Waals surface area (Å²) in [5.41, 5.74) is 2.69. The van der Waals surface area contributed by atoms with Crippen LogP contribution in [0.2, 0.25) is 0 Å². The van der Waals surface area contributed by atoms with Crippen LogP contribution in [0.3, 0.4) is 0 Å². The van der Waals surface area contributed by atoms with E-state index in [0.717, 1.165) is 20.3 Å². The Morgan fingerprint density at radius 1 is 1.40 bits per heavy atom. The number of rotatable bonds is 1. The molecule has 0 saturated carbocycles. The summed E-state index contributed by atoms with van der Waals surface area (Å²) in [7, 11) is 0. The van der Waals surface area contributed by atoms with Gasteiger partial charge in [-0.1, -0.05) is 6.07 Å². The Morgan fingerprint density at radius 3 is 3.07 bits per heavy atom. The molecule has 3 rings (SSSR count). The van der Waals surface area contributed by atoms with Crippen LogP contribution in [0.1, 0.15) is 9.67 Å². The normalized spacial score (nSPS) is 11.2. The Balaban J connectivity index is 2.46. The van der Waals surface area contributed by atoms with Gasteiger partial charge < -0.3 is 5.11 Å². The first kappa shape index (κ1) is 8.82. The van der Waals surface area contributed by atoms with Gasteiger partial charge in [-0.25, -0.2) is 9.78 Å². The van der Waals surface area contributed by atoms with Gasteiger partial charge in [0.1, 0.15) is 4.88 Å². The van der Waals surface area contributed by atoms with Gasteiger partial charge in [0, 0.05) is 0 Å². The number of thiazole rings is 1. The van der Waals surface area contributed by atoms with E-state index in [2.05, 4.69) is 4.98 Å². The maximum absolute atomic E-state index is 10.8. The topological polar surface area (TPSA) is 50.2 Å². The molecule has 0 spiro atoms. The lowest BCUT2D eigenvalue weighted by molar-refractivity contribution is 0.0702. The fraction of sp³-hybridized carbons (Fsp3) is 0. The van der Waals surface area contributed by atoms with Crippen molar-refractivity contribution in [2.75, 3.05) is 0 Å². The number of aromatic carboxylic acids is 1. The molecular formula is C10H5NO2S2. The van der Waals surface area contributed by atoms with Crippen LogP contribution in [0.15, 0.2) is 23.7 Å². The minimum atomic E-state index is -0.875. The van der Waals surface area contributed by atoms with Crippen LogP contribution in [0.4, 0.5) is 0 Å². The summed E-state index contributed by atoms with van der Waals surface area (Å²) in [6, 6.07) is 5.62. The summed E-state index contributed by atoms with van der Waals surface area (Å²) in [4.78, 5) is 15.5. The Kier molecular flexibility index (Phi) is 1.77. The number of aromatic nitrogens is 1. The van der Waals surface area contributed by atoms with E-state index in [1.54, 1.807) is 22.9 Å². The van der Waals surface area contributed by atoms with Crippen molar-refractivity contribution in [2.24, 2.45) is 0 Å². The van der Waals surface area contributed by atoms with Gasteiger partial charge in [0.2, 0.25) is 0 Å². The molecule has 2 aromatic heterocycles. The predicted molar refractivity (Wildman–Crippen MR) is 62.0 cm³/mol. The van der Waals surface area contributed by atoms with E-state index < -0.39 is 5.97 Å². The molecule has 0 amide bonds. The number of fused-ring (bicyclic) bond motifs is 3. The highest BCUT2D eigenvalue weighted by atomic mass is 32.1. The van der Waals surface area contributed by atoms with Gasteiger partial charge in [0.05, 0.1) is 20.4 Å². The number of thiophene rings is 1. The molecule has 0 bridgehead atoms. The van der Waals surface area contributed by atoms with Crippen molar-refractivity contribution >= 4 is 48.9 Å². The molecule has 15 heavy (non-hydrogen) atoms. The highest BCUT2D eigenvalue weighted by molar-refractivity contribution is 7.23. The number of hydrogen-bond acceptors (Lipinski definition) is 4. The first-order valence-corrected chi connectivity index (χ1v) is 5.94. The maximum atomic E-state index is 10.8. The number of hydrogen-bond donors (Lipinski definition) is 1. The molecule has 74 valence electrons. The van der Waals surface area contributed by atoms with Crippen LogP contribution in [0.5, 0.6) is 0 Å². The second kappa shape index (κ2) is 3.01. The second-order valence-corrected chi connectivity index (χ2v) is 5.04. The minimum absolute atomic E-state index is 0.366. The van der Waals surface area contributed by atoms with Crippen molar-refractivity contribution in [3.05, 3.63) is 28.6 Å². The molecule has 0 aliphatic heterocycles. The first-order chi connectivity index (χ1) is 7.25. The first-order valence-electron chi connectivity index (χ1n) is 4.25. The predicted octanol–water partition coefficient (Wildman–Crippen LogP) is 3.21. The van der Waals surface area contributed by atoms with Crippen LogP contribution in [0.25, 0.3) is 20.3 Å². The second-order valence-electron chi connectivity index (χ2n) is 3.10. The molecule has 0 aliphatic rings. The van der Waals surface area contributed by atoms with Crippen molar-refractivity contribution in [3.8, 4) is 0 Å². The minimum Gasteiger partial charge on any atom is -0.477 e. The largest absolute Gasteiger partial charge is 0.477 e. The lowest BCUT2D eigenvalue weighted by atomic mass is 10.2. The summed E-state index contributed by atoms with van der Waals surface area (Å²) < 4.78 is 2.06. The van der Waals surface area contributed by atoms with Crippen molar-refractivity contribution in [1.29, 1.82) is 0 Å². The zero-order chi connectivity index (χ0) is 10.4. The summed E-state index contributed by atoms with van der Waals surface area (Å²) in [6.07, 6.45) is 0. The van der Waals surface area contributed by atoms with Crippen LogP contribution in [-0.2, 0) is 0 Å². The van der Waals surface area contributed by atoms with Crippen molar-refractivity contribution < 1.29 is 9.90 Å². The van der Waals surface area contributed by atoms with Gasteiger partial charge in [-0.2, -0.15) is 0 Å². The van der Waals surface area contributed by atoms with Gasteiger partial charge >= 0.3 is 5.97 Å². The van der Waals surface area contributed by atoms with Gasteiger partial charge in [-0.15, -0.1) is 22.7 Å². The van der Waals surface area contributed by atoms with E-state index in [1.165, 1.54) is 11.3 Å². The van der Waals surface area contributed by atoms with Crippen LogP contribution in [-0.4, -0.2) is 16.1 Å². The van der Waals surface area contributed by atoms with Crippen LogP contribution in [0, 0.1) is 0 Å². The van der Waals surface area contributed by atoms with Crippen LogP contribution < -0.4 is 0 Å². The summed E-state index contributed by atoms with van der Waals surface area (Å²) in [5, 5.41) is 9.86. The van der Waals surface area contributed by atoms with Crippen molar-refractivity contribution in [2.45, 2.75) is 0 Å². The molecule has 0 radical (unpaired) electrons. The van der Waals surface area contributed by atoms with E-state index in [9.17, 15) is 4.79 Å². The van der Waals surface area contributed by atoms with Crippen LogP contribution >= 0.6 is 22.7 Å². The lowest BCUT2D eigenvalue weighted by Gasteiger charge is -1.88. The highest BCUT2D eigenvalue weighted by Gasteiger charge is 2.11. The van der Waals surface area contributed by atoms with Gasteiger partial charge in [-0.3, -0.25) is 0 Å². The lowest BCUT2D eigenvalue weighted by Crippen LogP contribution is -1.89. The molecule has 0 atom stereocenters. The summed E-state index contributed by atoms with van der Waals surface area (Å²) in [6.45, 7) is 0. The molecule has 0 aliphatic carbocycles.